The van der Waals surface area contributed by atoms with Gasteiger partial charge in [-0.05, 0) is 61.6 Å². The van der Waals surface area contributed by atoms with Crippen molar-refractivity contribution in [3.05, 3.63) is 106 Å². The van der Waals surface area contributed by atoms with Crippen molar-refractivity contribution in [2.45, 2.75) is 25.7 Å². The third-order valence-electron chi connectivity index (χ3n) is 9.81. The molecule has 3 aromatic carbocycles. The largest absolute Gasteiger partial charge is 0.508 e. The lowest BCUT2D eigenvalue weighted by atomic mass is 9.51. The Hall–Kier alpha value is -5.12. The summed E-state index contributed by atoms with van der Waals surface area (Å²) >= 11 is 0. The van der Waals surface area contributed by atoms with Crippen molar-refractivity contribution in [1.29, 1.82) is 0 Å². The quantitative estimate of drug-likeness (QED) is 0.205. The molecule has 4 aliphatic rings. The minimum absolute atomic E-state index is 0.0550. The number of allylic oxidation sites excluding steroid dienone is 2. The molecule has 7 rings (SSSR count). The van der Waals surface area contributed by atoms with E-state index < -0.39 is 51.7 Å². The lowest BCUT2D eigenvalue weighted by molar-refractivity contribution is -0.384. The van der Waals surface area contributed by atoms with Gasteiger partial charge in [-0.15, -0.1) is 0 Å². The summed E-state index contributed by atoms with van der Waals surface area (Å²) in [7, 11) is 0. The number of carbonyl (C=O) groups is 4. The molecular formula is C33H27N3O7. The fourth-order valence-corrected chi connectivity index (χ4v) is 7.89. The van der Waals surface area contributed by atoms with Crippen LogP contribution in [0.15, 0.2) is 90.5 Å². The molecule has 4 amide bonds. The third-order valence-corrected chi connectivity index (χ3v) is 9.81. The zero-order chi connectivity index (χ0) is 30.2. The number of hydrogen-bond acceptors (Lipinski definition) is 7. The molecule has 2 aliphatic carbocycles. The second-order valence-electron chi connectivity index (χ2n) is 11.9. The molecule has 1 saturated carbocycles. The monoisotopic (exact) mass is 577 g/mol. The lowest BCUT2D eigenvalue weighted by Gasteiger charge is -2.49. The van der Waals surface area contributed by atoms with E-state index >= 15 is 0 Å². The summed E-state index contributed by atoms with van der Waals surface area (Å²) in [5.74, 6) is -4.87. The Morgan fingerprint density at radius 2 is 1.53 bits per heavy atom. The summed E-state index contributed by atoms with van der Waals surface area (Å²) in [6, 6.07) is 20.7. The molecule has 216 valence electrons. The number of imide groups is 2. The van der Waals surface area contributed by atoms with Crippen LogP contribution in [-0.2, 0) is 19.2 Å². The standard InChI is InChI=1S/C33H27N3O7/c1-33-26(30(39)35(32(33)41)19-6-3-2-4-7-19)17-25-23(28(33)18-10-12-22(37)13-11-18)14-15-24-27(25)31(40)34(29(24)38)20-8-5-9-21(16-20)36(42)43/h2-14,16,24-28,37H,15,17H2,1H3. The molecule has 3 fully saturated rings. The molecule has 2 saturated heterocycles. The number of non-ortho nitro benzene ring substituents is 1. The summed E-state index contributed by atoms with van der Waals surface area (Å²) in [5.41, 5.74) is 0.745. The molecule has 43 heavy (non-hydrogen) atoms. The smallest absolute Gasteiger partial charge is 0.271 e. The molecule has 0 bridgehead atoms. The van der Waals surface area contributed by atoms with Crippen molar-refractivity contribution < 1.29 is 29.2 Å². The number of fused-ring (bicyclic) bond motifs is 4. The average Bonchev–Trinajstić information content (AvgIpc) is 3.37. The van der Waals surface area contributed by atoms with Gasteiger partial charge in [0.1, 0.15) is 5.75 Å². The van der Waals surface area contributed by atoms with E-state index in [0.717, 1.165) is 16.0 Å². The summed E-state index contributed by atoms with van der Waals surface area (Å²) in [6.45, 7) is 1.80. The highest BCUT2D eigenvalue weighted by molar-refractivity contribution is 6.25. The van der Waals surface area contributed by atoms with E-state index in [9.17, 15) is 34.4 Å². The van der Waals surface area contributed by atoms with Crippen LogP contribution in [0.5, 0.6) is 5.75 Å². The van der Waals surface area contributed by atoms with Crippen LogP contribution in [0.4, 0.5) is 17.1 Å². The van der Waals surface area contributed by atoms with E-state index in [1.165, 1.54) is 41.3 Å². The summed E-state index contributed by atoms with van der Waals surface area (Å²) in [5, 5.41) is 21.4. The van der Waals surface area contributed by atoms with Crippen LogP contribution in [0.1, 0.15) is 31.2 Å². The number of phenols is 1. The van der Waals surface area contributed by atoms with Crippen LogP contribution in [-0.4, -0.2) is 33.7 Å². The van der Waals surface area contributed by atoms with Gasteiger partial charge in [0.15, 0.2) is 0 Å². The molecule has 1 N–H and O–H groups in total. The maximum absolute atomic E-state index is 14.3. The molecule has 2 aliphatic heterocycles. The van der Waals surface area contributed by atoms with Gasteiger partial charge < -0.3 is 5.11 Å². The van der Waals surface area contributed by atoms with Crippen molar-refractivity contribution in [3.63, 3.8) is 0 Å². The first kappa shape index (κ1) is 26.8. The van der Waals surface area contributed by atoms with Crippen LogP contribution >= 0.6 is 0 Å². The highest BCUT2D eigenvalue weighted by Gasteiger charge is 2.67. The van der Waals surface area contributed by atoms with Gasteiger partial charge in [0.25, 0.3) is 5.69 Å². The number of carbonyl (C=O) groups excluding carboxylic acids is 4. The minimum atomic E-state index is -1.18. The van der Waals surface area contributed by atoms with E-state index in [1.807, 2.05) is 6.08 Å². The number of anilines is 2. The topological polar surface area (TPSA) is 138 Å². The Labute approximate surface area is 246 Å². The second kappa shape index (κ2) is 9.45. The van der Waals surface area contributed by atoms with Crippen LogP contribution in [0.25, 0.3) is 0 Å². The third kappa shape index (κ3) is 3.72. The molecule has 2 heterocycles. The predicted octanol–water partition coefficient (Wildman–Crippen LogP) is 4.74. The van der Waals surface area contributed by atoms with Crippen molar-refractivity contribution in [1.82, 2.24) is 0 Å². The Kier molecular flexibility index (Phi) is 5.88. The Morgan fingerprint density at radius 1 is 0.837 bits per heavy atom. The number of phenolic OH excluding ortho intramolecular Hbond substituents is 1. The predicted molar refractivity (Wildman–Crippen MR) is 155 cm³/mol. The first-order valence-electron chi connectivity index (χ1n) is 14.2. The number of para-hydroxylation sites is 1. The van der Waals surface area contributed by atoms with E-state index in [4.69, 9.17) is 0 Å². The SMILES string of the molecule is CC12C(=O)N(c3ccccc3)C(=O)C1CC1C(=CCC3C(=O)N(c4cccc([N+](=O)[O-])c4)C(=O)C31)C2c1ccc(O)cc1. The van der Waals surface area contributed by atoms with Crippen molar-refractivity contribution in [2.75, 3.05) is 9.80 Å². The Balaban J connectivity index is 1.35. The zero-order valence-corrected chi connectivity index (χ0v) is 23.1. The van der Waals surface area contributed by atoms with Crippen LogP contribution in [0, 0.1) is 39.2 Å². The number of nitro groups is 1. The van der Waals surface area contributed by atoms with Crippen molar-refractivity contribution in [2.24, 2.45) is 29.1 Å². The lowest BCUT2D eigenvalue weighted by Crippen LogP contribution is -2.48. The fraction of sp³-hybridized carbons (Fsp3) is 0.273. The van der Waals surface area contributed by atoms with E-state index in [1.54, 1.807) is 49.4 Å². The number of amides is 4. The molecule has 6 unspecified atom stereocenters. The Morgan fingerprint density at radius 3 is 2.23 bits per heavy atom. The molecule has 0 aromatic heterocycles. The van der Waals surface area contributed by atoms with Gasteiger partial charge in [-0.3, -0.25) is 29.3 Å². The van der Waals surface area contributed by atoms with Gasteiger partial charge in [0.2, 0.25) is 23.6 Å². The van der Waals surface area contributed by atoms with Gasteiger partial charge in [-0.2, -0.15) is 0 Å². The second-order valence-corrected chi connectivity index (χ2v) is 11.9. The average molecular weight is 578 g/mol. The number of nitrogens with zero attached hydrogens (tertiary/aromatic N) is 3. The maximum atomic E-state index is 14.3. The highest BCUT2D eigenvalue weighted by Crippen LogP contribution is 2.63. The van der Waals surface area contributed by atoms with Gasteiger partial charge in [0, 0.05) is 18.1 Å². The molecule has 0 radical (unpaired) electrons. The van der Waals surface area contributed by atoms with E-state index in [2.05, 4.69) is 0 Å². The van der Waals surface area contributed by atoms with E-state index in [0.29, 0.717) is 5.69 Å². The summed E-state index contributed by atoms with van der Waals surface area (Å²) < 4.78 is 0. The van der Waals surface area contributed by atoms with Gasteiger partial charge in [-0.25, -0.2) is 9.80 Å². The highest BCUT2D eigenvalue weighted by atomic mass is 16.6. The first-order valence-corrected chi connectivity index (χ1v) is 14.2. The number of benzene rings is 3. The number of rotatable bonds is 4. The normalized spacial score (nSPS) is 29.7. The van der Waals surface area contributed by atoms with Gasteiger partial charge >= 0.3 is 0 Å². The number of nitro benzene ring substituents is 1. The summed E-state index contributed by atoms with van der Waals surface area (Å²) in [6.07, 6.45) is 2.40. The van der Waals surface area contributed by atoms with Gasteiger partial charge in [0.05, 0.1) is 39.5 Å². The molecule has 3 aromatic rings. The van der Waals surface area contributed by atoms with Crippen LogP contribution < -0.4 is 9.80 Å². The van der Waals surface area contributed by atoms with Gasteiger partial charge in [-0.1, -0.05) is 48.0 Å². The fourth-order valence-electron chi connectivity index (χ4n) is 7.89. The van der Waals surface area contributed by atoms with E-state index in [-0.39, 0.29) is 41.8 Å². The molecular weight excluding hydrogens is 550 g/mol. The van der Waals surface area contributed by atoms with Crippen molar-refractivity contribution in [3.8, 4) is 5.75 Å². The minimum Gasteiger partial charge on any atom is -0.508 e. The van der Waals surface area contributed by atoms with Crippen LogP contribution in [0.3, 0.4) is 0 Å². The molecule has 10 nitrogen and oxygen atoms in total. The molecule has 0 spiro atoms. The number of hydrogen-bond donors (Lipinski definition) is 1. The van der Waals surface area contributed by atoms with Crippen LogP contribution in [0.2, 0.25) is 0 Å². The summed E-state index contributed by atoms with van der Waals surface area (Å²) in [4.78, 5) is 69.3. The maximum Gasteiger partial charge on any atom is 0.271 e. The zero-order valence-electron chi connectivity index (χ0n) is 23.1. The molecule has 10 heteroatoms. The molecule has 6 atom stereocenters. The Bertz CT molecular complexity index is 1750. The first-order chi connectivity index (χ1) is 20.6. The van der Waals surface area contributed by atoms with Crippen molar-refractivity contribution >= 4 is 40.7 Å². The number of aromatic hydroxyl groups is 1.